The van der Waals surface area contributed by atoms with Gasteiger partial charge in [-0.2, -0.15) is 5.26 Å². The molecule has 0 saturated carbocycles. The Balaban J connectivity index is 0.890. The lowest BCUT2D eigenvalue weighted by Crippen LogP contribution is -2.01. The first kappa shape index (κ1) is 40.8. The van der Waals surface area contributed by atoms with Crippen LogP contribution in [0.4, 0.5) is 5.69 Å². The second-order valence-corrected chi connectivity index (χ2v) is 19.7. The van der Waals surface area contributed by atoms with E-state index in [1.54, 1.807) is 0 Å². The van der Waals surface area contributed by atoms with E-state index in [1.165, 1.54) is 0 Å². The Kier molecular flexibility index (Phi) is 7.99. The molecule has 6 heterocycles. The molecule has 0 atom stereocenters. The van der Waals surface area contributed by atoms with E-state index in [0.29, 0.717) is 22.6 Å². The van der Waals surface area contributed by atoms with E-state index >= 15 is 0 Å². The van der Waals surface area contributed by atoms with Crippen molar-refractivity contribution < 1.29 is 8.83 Å². The standard InChI is InChI=1S/C68H36N6O2/c1-70-50-37-59(73-53-26-14-10-22-48(53)63-57(73)34-30-44-42-28-32-55-61(65(42)75-67(44)63)46-20-8-12-24-51(46)71(55)40-16-4-2-5-17-40)39(38-69)36-60(50)74-54-27-15-11-23-49(54)64-58(74)35-31-45-43-29-33-56-62(66(43)76-68(45)64)47-21-9-13-25-52(47)72(56)41-18-6-3-7-19-41/h2-37H. The first-order chi connectivity index (χ1) is 37.7. The number of benzene rings is 11. The van der Waals surface area contributed by atoms with Gasteiger partial charge in [0.15, 0.2) is 0 Å². The van der Waals surface area contributed by atoms with Crippen LogP contribution < -0.4 is 0 Å². The maximum atomic E-state index is 11.3. The van der Waals surface area contributed by atoms with Crippen LogP contribution in [-0.2, 0) is 0 Å². The summed E-state index contributed by atoms with van der Waals surface area (Å²) in [6, 6.07) is 78.2. The topological polar surface area (TPSA) is 74.2 Å². The number of fused-ring (bicyclic) bond motifs is 22. The molecule has 0 unspecified atom stereocenters. The lowest BCUT2D eigenvalue weighted by Gasteiger charge is -2.15. The van der Waals surface area contributed by atoms with Gasteiger partial charge >= 0.3 is 0 Å². The predicted molar refractivity (Wildman–Crippen MR) is 309 cm³/mol. The molecule has 0 radical (unpaired) electrons. The average molecular weight is 969 g/mol. The van der Waals surface area contributed by atoms with Crippen molar-refractivity contribution in [2.45, 2.75) is 0 Å². The van der Waals surface area contributed by atoms with Crippen molar-refractivity contribution in [1.29, 1.82) is 5.26 Å². The van der Waals surface area contributed by atoms with Crippen molar-refractivity contribution in [2.75, 3.05) is 0 Å². The first-order valence-electron chi connectivity index (χ1n) is 25.3. The molecule has 0 spiro atoms. The van der Waals surface area contributed by atoms with Gasteiger partial charge in [0.25, 0.3) is 0 Å². The molecular weight excluding hydrogens is 933 g/mol. The van der Waals surface area contributed by atoms with E-state index in [4.69, 9.17) is 15.4 Å². The lowest BCUT2D eigenvalue weighted by atomic mass is 10.1. The van der Waals surface area contributed by atoms with Gasteiger partial charge in [0.1, 0.15) is 28.4 Å². The number of nitrogens with zero attached hydrogens (tertiary/aromatic N) is 6. The van der Waals surface area contributed by atoms with Gasteiger partial charge in [-0.1, -0.05) is 109 Å². The molecule has 76 heavy (non-hydrogen) atoms. The average Bonchev–Trinajstić information content (AvgIpc) is 4.50. The molecule has 0 N–H and O–H groups in total. The second-order valence-electron chi connectivity index (χ2n) is 19.7. The Labute approximate surface area is 431 Å². The molecule has 0 bridgehead atoms. The Bertz CT molecular complexity index is 5150. The fraction of sp³-hybridized carbons (Fsp3) is 0. The summed E-state index contributed by atoms with van der Waals surface area (Å²) in [4.78, 5) is 4.25. The van der Waals surface area contributed by atoms with Gasteiger partial charge in [-0.25, -0.2) is 4.85 Å². The summed E-state index contributed by atoms with van der Waals surface area (Å²) in [5, 5.41) is 23.6. The summed E-state index contributed by atoms with van der Waals surface area (Å²) in [7, 11) is 0. The molecule has 0 aliphatic rings. The van der Waals surface area contributed by atoms with E-state index in [-0.39, 0.29) is 0 Å². The zero-order valence-corrected chi connectivity index (χ0v) is 40.3. The molecule has 8 nitrogen and oxygen atoms in total. The molecule has 11 aromatic carbocycles. The normalized spacial score (nSPS) is 12.2. The third kappa shape index (κ3) is 5.18. The minimum Gasteiger partial charge on any atom is -0.455 e. The quantitative estimate of drug-likeness (QED) is 0.165. The fourth-order valence-corrected chi connectivity index (χ4v) is 12.9. The number of hydrogen-bond acceptors (Lipinski definition) is 3. The van der Waals surface area contributed by atoms with Crippen molar-refractivity contribution in [3.05, 3.63) is 235 Å². The number of aromatic nitrogens is 4. The Morgan fingerprint density at radius 1 is 0.329 bits per heavy atom. The summed E-state index contributed by atoms with van der Waals surface area (Å²) in [5.41, 5.74) is 15.4. The summed E-state index contributed by atoms with van der Waals surface area (Å²) >= 11 is 0. The highest BCUT2D eigenvalue weighted by Gasteiger charge is 2.27. The third-order valence-corrected chi connectivity index (χ3v) is 16.0. The van der Waals surface area contributed by atoms with E-state index in [0.717, 1.165) is 142 Å². The van der Waals surface area contributed by atoms with Crippen LogP contribution in [-0.4, -0.2) is 18.3 Å². The highest BCUT2D eigenvalue weighted by molar-refractivity contribution is 6.31. The molecule has 17 rings (SSSR count). The van der Waals surface area contributed by atoms with Crippen LogP contribution in [0.25, 0.3) is 159 Å². The Hall–Kier alpha value is -10.8. The third-order valence-electron chi connectivity index (χ3n) is 16.0. The van der Waals surface area contributed by atoms with Crippen molar-refractivity contribution >= 4 is 137 Å². The minimum absolute atomic E-state index is 0.407. The molecule has 0 aliphatic heterocycles. The van der Waals surface area contributed by atoms with Crippen LogP contribution in [0.2, 0.25) is 0 Å². The molecule has 0 saturated heterocycles. The van der Waals surface area contributed by atoms with Gasteiger partial charge < -0.3 is 27.1 Å². The molecule has 8 heteroatoms. The van der Waals surface area contributed by atoms with Gasteiger partial charge in [0.2, 0.25) is 5.69 Å². The van der Waals surface area contributed by atoms with Crippen molar-refractivity contribution in [3.8, 4) is 28.8 Å². The van der Waals surface area contributed by atoms with Crippen LogP contribution in [0.1, 0.15) is 5.56 Å². The summed E-state index contributed by atoms with van der Waals surface area (Å²) in [6.07, 6.45) is 0. The monoisotopic (exact) mass is 968 g/mol. The highest BCUT2D eigenvalue weighted by atomic mass is 16.3. The maximum Gasteiger partial charge on any atom is 0.212 e. The molecule has 0 aliphatic carbocycles. The van der Waals surface area contributed by atoms with Crippen LogP contribution in [0, 0.1) is 17.9 Å². The van der Waals surface area contributed by atoms with Crippen LogP contribution in [0.15, 0.2) is 227 Å². The number of nitriles is 1. The van der Waals surface area contributed by atoms with E-state index < -0.39 is 0 Å². The van der Waals surface area contributed by atoms with Gasteiger partial charge in [-0.15, -0.1) is 0 Å². The molecular formula is C68H36N6O2. The summed E-state index contributed by atoms with van der Waals surface area (Å²) < 4.78 is 23.3. The van der Waals surface area contributed by atoms with Crippen molar-refractivity contribution in [2.24, 2.45) is 0 Å². The van der Waals surface area contributed by atoms with Crippen molar-refractivity contribution in [1.82, 2.24) is 18.3 Å². The minimum atomic E-state index is 0.407. The first-order valence-corrected chi connectivity index (χ1v) is 25.3. The van der Waals surface area contributed by atoms with Gasteiger partial charge in [0, 0.05) is 54.5 Å². The van der Waals surface area contributed by atoms with Crippen LogP contribution >= 0.6 is 0 Å². The molecule has 6 aromatic heterocycles. The maximum absolute atomic E-state index is 11.3. The van der Waals surface area contributed by atoms with Gasteiger partial charge in [-0.3, -0.25) is 0 Å². The smallest absolute Gasteiger partial charge is 0.212 e. The molecule has 17 aromatic rings. The van der Waals surface area contributed by atoms with Gasteiger partial charge in [-0.05, 0) is 109 Å². The highest BCUT2D eigenvalue weighted by Crippen LogP contribution is 2.48. The van der Waals surface area contributed by atoms with Crippen LogP contribution in [0.5, 0.6) is 0 Å². The van der Waals surface area contributed by atoms with E-state index in [1.807, 2.05) is 48.5 Å². The zero-order chi connectivity index (χ0) is 49.9. The molecule has 350 valence electrons. The van der Waals surface area contributed by atoms with Crippen molar-refractivity contribution in [3.63, 3.8) is 0 Å². The molecule has 0 amide bonds. The fourth-order valence-electron chi connectivity index (χ4n) is 12.9. The Morgan fingerprint density at radius 3 is 1.03 bits per heavy atom. The number of hydrogen-bond donors (Lipinski definition) is 0. The number of furan rings is 2. The number of rotatable bonds is 4. The second kappa shape index (κ2) is 14.9. The van der Waals surface area contributed by atoms with E-state index in [9.17, 15) is 5.26 Å². The van der Waals surface area contributed by atoms with E-state index in [2.05, 4.69) is 199 Å². The number of para-hydroxylation sites is 6. The molecule has 0 fully saturated rings. The predicted octanol–water partition coefficient (Wildman–Crippen LogP) is 18.3. The van der Waals surface area contributed by atoms with Gasteiger partial charge in [0.05, 0.1) is 89.2 Å². The van der Waals surface area contributed by atoms with Crippen LogP contribution in [0.3, 0.4) is 0 Å². The largest absolute Gasteiger partial charge is 0.455 e. The summed E-state index contributed by atoms with van der Waals surface area (Å²) in [5.74, 6) is 0. The SMILES string of the molecule is [C-]#[N+]c1cc(-n2c3ccccc3c3c4oc5c(ccc6c5c5ccccc5n6-c5ccccc5)c4ccc32)c(C#N)cc1-n1c2ccccc2c2c3oc4c(ccc5c4c4ccccc4n5-c4ccccc4)c3ccc21. The Morgan fingerprint density at radius 2 is 0.658 bits per heavy atom. The lowest BCUT2D eigenvalue weighted by molar-refractivity contribution is 0.676. The zero-order valence-electron chi connectivity index (χ0n) is 40.3. The summed E-state index contributed by atoms with van der Waals surface area (Å²) in [6.45, 7) is 8.82.